The van der Waals surface area contributed by atoms with Gasteiger partial charge in [-0.15, -0.1) is 0 Å². The fourth-order valence-corrected chi connectivity index (χ4v) is 1.70. The van der Waals surface area contributed by atoms with Crippen LogP contribution in [-0.2, 0) is 6.18 Å². The Morgan fingerprint density at radius 3 is 2.31 bits per heavy atom. The van der Waals surface area contributed by atoms with Gasteiger partial charge in [-0.1, -0.05) is 11.6 Å². The molecule has 0 spiro atoms. The Labute approximate surface area is 91.2 Å². The lowest BCUT2D eigenvalue weighted by Gasteiger charge is -2.10. The third-order valence-electron chi connectivity index (χ3n) is 1.39. The zero-order chi connectivity index (χ0) is 10.2. The lowest BCUT2D eigenvalue weighted by molar-refractivity contribution is -0.137. The number of hydrogen-bond acceptors (Lipinski definition) is 1. The van der Waals surface area contributed by atoms with Gasteiger partial charge >= 0.3 is 6.18 Å². The smallest absolute Gasteiger partial charge is 0.398 e. The summed E-state index contributed by atoms with van der Waals surface area (Å²) in [7, 11) is 0. The van der Waals surface area contributed by atoms with E-state index in [-0.39, 0.29) is 10.7 Å². The van der Waals surface area contributed by atoms with Crippen LogP contribution in [-0.4, -0.2) is 0 Å². The van der Waals surface area contributed by atoms with Crippen molar-refractivity contribution in [1.29, 1.82) is 0 Å². The van der Waals surface area contributed by atoms with Crippen LogP contribution in [0.4, 0.5) is 18.9 Å². The van der Waals surface area contributed by atoms with E-state index in [4.69, 9.17) is 17.3 Å². The summed E-state index contributed by atoms with van der Waals surface area (Å²) in [5, 5.41) is -0.328. The third-order valence-corrected chi connectivity index (χ3v) is 2.64. The highest BCUT2D eigenvalue weighted by Gasteiger charge is 2.33. The molecule has 13 heavy (non-hydrogen) atoms. The summed E-state index contributed by atoms with van der Waals surface area (Å²) in [5.41, 5.74) is 4.50. The van der Waals surface area contributed by atoms with E-state index < -0.39 is 11.7 Å². The first-order valence-corrected chi connectivity index (χ1v) is 4.60. The zero-order valence-electron chi connectivity index (χ0n) is 6.12. The van der Waals surface area contributed by atoms with Gasteiger partial charge in [0.25, 0.3) is 0 Å². The van der Waals surface area contributed by atoms with E-state index in [1.807, 2.05) is 22.6 Å². The van der Waals surface area contributed by atoms with Crippen LogP contribution in [0.1, 0.15) is 5.56 Å². The second-order valence-corrected chi connectivity index (χ2v) is 3.92. The molecule has 0 fully saturated rings. The minimum atomic E-state index is -4.45. The van der Waals surface area contributed by atoms with Crippen LogP contribution in [0.5, 0.6) is 0 Å². The third kappa shape index (κ3) is 2.40. The van der Waals surface area contributed by atoms with E-state index in [1.54, 1.807) is 0 Å². The van der Waals surface area contributed by atoms with E-state index >= 15 is 0 Å². The molecule has 0 aliphatic heterocycles. The molecule has 1 aromatic rings. The molecule has 0 bridgehead atoms. The second-order valence-electron chi connectivity index (χ2n) is 2.35. The maximum atomic E-state index is 12.2. The molecule has 0 saturated carbocycles. The Bertz CT molecular complexity index is 337. The van der Waals surface area contributed by atoms with Gasteiger partial charge in [0, 0.05) is 9.26 Å². The molecule has 0 radical (unpaired) electrons. The Hall–Kier alpha value is -0.170. The molecular formula is C7H4ClF3IN. The minimum Gasteiger partial charge on any atom is -0.398 e. The summed E-state index contributed by atoms with van der Waals surface area (Å²) in [6.07, 6.45) is -4.45. The van der Waals surface area contributed by atoms with Crippen LogP contribution in [0.2, 0.25) is 5.02 Å². The number of hydrogen-bond donors (Lipinski definition) is 1. The van der Waals surface area contributed by atoms with E-state index in [0.717, 1.165) is 6.07 Å². The number of nitrogens with two attached hydrogens (primary N) is 1. The number of halogens is 5. The summed E-state index contributed by atoms with van der Waals surface area (Å²) in [6.45, 7) is 0. The number of nitrogen functional groups attached to an aromatic ring is 1. The fourth-order valence-electron chi connectivity index (χ4n) is 0.783. The highest BCUT2D eigenvalue weighted by molar-refractivity contribution is 14.1. The van der Waals surface area contributed by atoms with Crippen molar-refractivity contribution in [2.75, 3.05) is 5.73 Å². The Morgan fingerprint density at radius 2 is 1.85 bits per heavy atom. The van der Waals surface area contributed by atoms with Crippen molar-refractivity contribution >= 4 is 39.9 Å². The lowest BCUT2D eigenvalue weighted by atomic mass is 10.2. The topological polar surface area (TPSA) is 26.0 Å². The second kappa shape index (κ2) is 3.53. The van der Waals surface area contributed by atoms with Crippen LogP contribution in [0, 0.1) is 3.57 Å². The van der Waals surface area contributed by atoms with Gasteiger partial charge in [0.05, 0.1) is 10.6 Å². The lowest BCUT2D eigenvalue weighted by Crippen LogP contribution is -2.07. The van der Waals surface area contributed by atoms with Gasteiger partial charge in [-0.3, -0.25) is 0 Å². The van der Waals surface area contributed by atoms with Gasteiger partial charge < -0.3 is 5.73 Å². The first-order chi connectivity index (χ1) is 5.82. The van der Waals surface area contributed by atoms with Crippen molar-refractivity contribution < 1.29 is 13.2 Å². The molecule has 0 aliphatic carbocycles. The predicted octanol–water partition coefficient (Wildman–Crippen LogP) is 3.55. The Balaban J connectivity index is 3.32. The van der Waals surface area contributed by atoms with E-state index in [2.05, 4.69) is 0 Å². The van der Waals surface area contributed by atoms with Crippen LogP contribution in [0.25, 0.3) is 0 Å². The molecule has 2 N–H and O–H groups in total. The quantitative estimate of drug-likeness (QED) is 0.574. The first kappa shape index (κ1) is 10.9. The van der Waals surface area contributed by atoms with E-state index in [1.165, 1.54) is 6.07 Å². The highest BCUT2D eigenvalue weighted by Crippen LogP contribution is 2.37. The number of benzene rings is 1. The van der Waals surface area contributed by atoms with Gasteiger partial charge in [0.15, 0.2) is 0 Å². The molecule has 6 heteroatoms. The molecule has 1 rings (SSSR count). The average molecular weight is 321 g/mol. The molecular weight excluding hydrogens is 317 g/mol. The number of alkyl halides is 3. The number of rotatable bonds is 0. The molecule has 0 heterocycles. The fraction of sp³-hybridized carbons (Fsp3) is 0.143. The summed E-state index contributed by atoms with van der Waals surface area (Å²) in [5.74, 6) is 0. The molecule has 1 nitrogen and oxygen atoms in total. The molecule has 0 amide bonds. The van der Waals surface area contributed by atoms with Gasteiger partial charge in [0.1, 0.15) is 0 Å². The van der Waals surface area contributed by atoms with E-state index in [0.29, 0.717) is 3.57 Å². The van der Waals surface area contributed by atoms with E-state index in [9.17, 15) is 13.2 Å². The number of anilines is 1. The minimum absolute atomic E-state index is 0.0809. The monoisotopic (exact) mass is 321 g/mol. The maximum Gasteiger partial charge on any atom is 0.417 e. The van der Waals surface area contributed by atoms with Crippen molar-refractivity contribution in [1.82, 2.24) is 0 Å². The van der Waals surface area contributed by atoms with Crippen molar-refractivity contribution in [2.24, 2.45) is 0 Å². The Kier molecular flexibility index (Phi) is 2.96. The summed E-state index contributed by atoms with van der Waals surface area (Å²) < 4.78 is 37.2. The molecule has 0 saturated heterocycles. The Morgan fingerprint density at radius 1 is 1.31 bits per heavy atom. The van der Waals surface area contributed by atoms with Crippen LogP contribution >= 0.6 is 34.2 Å². The molecule has 0 atom stereocenters. The SMILES string of the molecule is Nc1cc(C(F)(F)F)c(Cl)cc1I. The van der Waals surface area contributed by atoms with Crippen molar-refractivity contribution in [3.63, 3.8) is 0 Å². The van der Waals surface area contributed by atoms with Crippen LogP contribution < -0.4 is 5.73 Å². The molecule has 0 unspecified atom stereocenters. The predicted molar refractivity (Wildman–Crippen MR) is 53.6 cm³/mol. The molecule has 0 aliphatic rings. The van der Waals surface area contributed by atoms with Crippen molar-refractivity contribution in [2.45, 2.75) is 6.18 Å². The summed E-state index contributed by atoms with van der Waals surface area (Å²) >= 11 is 7.22. The van der Waals surface area contributed by atoms with Gasteiger partial charge in [0.2, 0.25) is 0 Å². The first-order valence-electron chi connectivity index (χ1n) is 3.14. The largest absolute Gasteiger partial charge is 0.417 e. The van der Waals surface area contributed by atoms with Gasteiger partial charge in [-0.25, -0.2) is 0 Å². The van der Waals surface area contributed by atoms with Crippen LogP contribution in [0.15, 0.2) is 12.1 Å². The highest BCUT2D eigenvalue weighted by atomic mass is 127. The van der Waals surface area contributed by atoms with Crippen molar-refractivity contribution in [3.05, 3.63) is 26.3 Å². The van der Waals surface area contributed by atoms with Gasteiger partial charge in [-0.05, 0) is 34.7 Å². The van der Waals surface area contributed by atoms with Gasteiger partial charge in [-0.2, -0.15) is 13.2 Å². The van der Waals surface area contributed by atoms with Crippen LogP contribution in [0.3, 0.4) is 0 Å². The van der Waals surface area contributed by atoms with Crippen molar-refractivity contribution in [3.8, 4) is 0 Å². The molecule has 1 aromatic carbocycles. The zero-order valence-corrected chi connectivity index (χ0v) is 9.04. The maximum absolute atomic E-state index is 12.2. The average Bonchev–Trinajstić information content (AvgIpc) is 1.94. The summed E-state index contributed by atoms with van der Waals surface area (Å²) in [6, 6.07) is 2.03. The molecule has 0 aromatic heterocycles. The summed E-state index contributed by atoms with van der Waals surface area (Å²) in [4.78, 5) is 0. The molecule has 72 valence electrons. The standard InChI is InChI=1S/C7H4ClF3IN/c8-4-2-5(12)6(13)1-3(4)7(9,10)11/h1-2H,13H2. The normalized spacial score (nSPS) is 11.8.